The molecule has 0 spiro atoms. The maximum atomic E-state index is 12.2. The first-order valence-electron chi connectivity index (χ1n) is 7.60. The van der Waals surface area contributed by atoms with Gasteiger partial charge in [-0.3, -0.25) is 0 Å². The topological polar surface area (TPSA) is 66.8 Å². The van der Waals surface area contributed by atoms with Crippen LogP contribution in [0.25, 0.3) is 0 Å². The van der Waals surface area contributed by atoms with E-state index in [1.807, 2.05) is 0 Å². The highest BCUT2D eigenvalue weighted by atomic mass is 16.5. The highest BCUT2D eigenvalue weighted by Crippen LogP contribution is 2.36. The van der Waals surface area contributed by atoms with Crippen LogP contribution in [0, 0.1) is 17.8 Å². The van der Waals surface area contributed by atoms with Crippen molar-refractivity contribution in [1.82, 2.24) is 0 Å². The summed E-state index contributed by atoms with van der Waals surface area (Å²) < 4.78 is 5.67. The molecule has 2 rings (SSSR count). The minimum atomic E-state index is -0.481. The molecule has 0 bridgehead atoms. The molecule has 0 radical (unpaired) electrons. The molecule has 0 heterocycles. The van der Waals surface area contributed by atoms with E-state index in [1.165, 1.54) is 24.6 Å². The molecule has 0 unspecified atom stereocenters. The Morgan fingerprint density at radius 3 is 2.38 bits per heavy atom. The van der Waals surface area contributed by atoms with Crippen molar-refractivity contribution in [3.05, 3.63) is 23.8 Å². The number of carbonyl (C=O) groups excluding carboxylic acids is 1. The monoisotopic (exact) mass is 292 g/mol. The number of phenolic OH excluding ortho intramolecular Hbond substituents is 2. The SMILES string of the molecule is CC(C)[C@@H]1CC[C@@H](C)C[C@H]1OC(=O)c1cc(O)cc(O)c1. The van der Waals surface area contributed by atoms with Crippen molar-refractivity contribution >= 4 is 5.97 Å². The molecule has 4 nitrogen and oxygen atoms in total. The van der Waals surface area contributed by atoms with Crippen LogP contribution >= 0.6 is 0 Å². The van der Waals surface area contributed by atoms with Gasteiger partial charge in [-0.15, -0.1) is 0 Å². The van der Waals surface area contributed by atoms with Crippen LogP contribution < -0.4 is 0 Å². The van der Waals surface area contributed by atoms with Crippen LogP contribution in [0.15, 0.2) is 18.2 Å². The molecule has 116 valence electrons. The van der Waals surface area contributed by atoms with Crippen molar-refractivity contribution in [2.24, 2.45) is 17.8 Å². The Bertz CT molecular complexity index is 489. The Morgan fingerprint density at radius 1 is 1.19 bits per heavy atom. The van der Waals surface area contributed by atoms with E-state index < -0.39 is 5.97 Å². The van der Waals surface area contributed by atoms with Crippen molar-refractivity contribution < 1.29 is 19.7 Å². The van der Waals surface area contributed by atoms with E-state index in [0.29, 0.717) is 17.8 Å². The summed E-state index contributed by atoms with van der Waals surface area (Å²) in [4.78, 5) is 12.2. The molecular weight excluding hydrogens is 268 g/mol. The first-order chi connectivity index (χ1) is 9.86. The van der Waals surface area contributed by atoms with Crippen molar-refractivity contribution in [2.75, 3.05) is 0 Å². The van der Waals surface area contributed by atoms with Gasteiger partial charge in [0.2, 0.25) is 0 Å². The van der Waals surface area contributed by atoms with Gasteiger partial charge in [-0.25, -0.2) is 4.79 Å². The van der Waals surface area contributed by atoms with Crippen LogP contribution in [-0.4, -0.2) is 22.3 Å². The lowest BCUT2D eigenvalue weighted by Crippen LogP contribution is -2.35. The minimum Gasteiger partial charge on any atom is -0.508 e. The van der Waals surface area contributed by atoms with Gasteiger partial charge in [0.1, 0.15) is 17.6 Å². The Balaban J connectivity index is 2.12. The first kappa shape index (κ1) is 15.7. The number of hydrogen-bond donors (Lipinski definition) is 2. The molecule has 1 aliphatic carbocycles. The van der Waals surface area contributed by atoms with Crippen LogP contribution in [0.4, 0.5) is 0 Å². The molecule has 0 amide bonds. The third-order valence-corrected chi connectivity index (χ3v) is 4.36. The van der Waals surface area contributed by atoms with Gasteiger partial charge in [-0.2, -0.15) is 0 Å². The maximum absolute atomic E-state index is 12.2. The van der Waals surface area contributed by atoms with E-state index in [0.717, 1.165) is 12.8 Å². The maximum Gasteiger partial charge on any atom is 0.338 e. The number of phenols is 2. The normalized spacial score (nSPS) is 25.8. The van der Waals surface area contributed by atoms with Gasteiger partial charge in [-0.05, 0) is 42.7 Å². The lowest BCUT2D eigenvalue weighted by atomic mass is 9.75. The number of esters is 1. The van der Waals surface area contributed by atoms with E-state index >= 15 is 0 Å². The summed E-state index contributed by atoms with van der Waals surface area (Å²) >= 11 is 0. The van der Waals surface area contributed by atoms with Crippen LogP contribution in [0.2, 0.25) is 0 Å². The summed E-state index contributed by atoms with van der Waals surface area (Å²) in [7, 11) is 0. The molecule has 0 aromatic heterocycles. The standard InChI is InChI=1S/C17H24O4/c1-10(2)15-5-4-11(3)6-16(15)21-17(20)12-7-13(18)9-14(19)8-12/h7-11,15-16,18-19H,4-6H2,1-3H3/t11-,15+,16-/m1/s1. The first-order valence-corrected chi connectivity index (χ1v) is 7.60. The van der Waals surface area contributed by atoms with Crippen molar-refractivity contribution in [2.45, 2.75) is 46.1 Å². The number of aromatic hydroxyl groups is 2. The molecule has 1 fully saturated rings. The van der Waals surface area contributed by atoms with Gasteiger partial charge in [0.05, 0.1) is 5.56 Å². The van der Waals surface area contributed by atoms with Crippen molar-refractivity contribution in [3.8, 4) is 11.5 Å². The second-order valence-electron chi connectivity index (χ2n) is 6.51. The summed E-state index contributed by atoms with van der Waals surface area (Å²) in [5.41, 5.74) is 0.188. The molecular formula is C17H24O4. The summed E-state index contributed by atoms with van der Waals surface area (Å²) in [6.45, 7) is 6.49. The Labute approximate surface area is 125 Å². The smallest absolute Gasteiger partial charge is 0.338 e. The molecule has 1 aromatic carbocycles. The molecule has 4 heteroatoms. The molecule has 2 N–H and O–H groups in total. The summed E-state index contributed by atoms with van der Waals surface area (Å²) in [5, 5.41) is 18.9. The lowest BCUT2D eigenvalue weighted by Gasteiger charge is -2.36. The summed E-state index contributed by atoms with van der Waals surface area (Å²) in [6.07, 6.45) is 3.02. The fourth-order valence-corrected chi connectivity index (χ4v) is 3.17. The van der Waals surface area contributed by atoms with Crippen LogP contribution in [0.3, 0.4) is 0 Å². The number of carbonyl (C=O) groups is 1. The van der Waals surface area contributed by atoms with Gasteiger partial charge in [0.25, 0.3) is 0 Å². The van der Waals surface area contributed by atoms with E-state index in [-0.39, 0.29) is 23.2 Å². The van der Waals surface area contributed by atoms with Crippen LogP contribution in [0.1, 0.15) is 50.4 Å². The third-order valence-electron chi connectivity index (χ3n) is 4.36. The van der Waals surface area contributed by atoms with Gasteiger partial charge >= 0.3 is 5.97 Å². The van der Waals surface area contributed by atoms with E-state index in [9.17, 15) is 15.0 Å². The second-order valence-corrected chi connectivity index (χ2v) is 6.51. The highest BCUT2D eigenvalue weighted by Gasteiger charge is 2.33. The summed E-state index contributed by atoms with van der Waals surface area (Å²) in [6, 6.07) is 3.83. The van der Waals surface area contributed by atoms with Gasteiger partial charge in [0.15, 0.2) is 0 Å². The van der Waals surface area contributed by atoms with Crippen molar-refractivity contribution in [1.29, 1.82) is 0 Å². The molecule has 1 aromatic rings. The predicted molar refractivity (Wildman–Crippen MR) is 80.3 cm³/mol. The Kier molecular flexibility index (Phi) is 4.76. The van der Waals surface area contributed by atoms with Crippen LogP contribution in [0.5, 0.6) is 11.5 Å². The van der Waals surface area contributed by atoms with E-state index in [2.05, 4.69) is 20.8 Å². The molecule has 0 saturated heterocycles. The fraction of sp³-hybridized carbons (Fsp3) is 0.588. The summed E-state index contributed by atoms with van der Waals surface area (Å²) in [5.74, 6) is 0.629. The Morgan fingerprint density at radius 2 is 1.81 bits per heavy atom. The predicted octanol–water partition coefficient (Wildman–Crippen LogP) is 3.72. The molecule has 0 aliphatic heterocycles. The van der Waals surface area contributed by atoms with Gasteiger partial charge in [-0.1, -0.05) is 27.2 Å². The molecule has 1 aliphatic rings. The number of hydrogen-bond acceptors (Lipinski definition) is 4. The zero-order chi connectivity index (χ0) is 15.6. The fourth-order valence-electron chi connectivity index (χ4n) is 3.17. The van der Waals surface area contributed by atoms with Gasteiger partial charge in [0, 0.05) is 6.07 Å². The Hall–Kier alpha value is -1.71. The van der Waals surface area contributed by atoms with E-state index in [4.69, 9.17) is 4.74 Å². The zero-order valence-corrected chi connectivity index (χ0v) is 12.9. The largest absolute Gasteiger partial charge is 0.508 e. The molecule has 21 heavy (non-hydrogen) atoms. The van der Waals surface area contributed by atoms with Crippen LogP contribution in [-0.2, 0) is 4.74 Å². The minimum absolute atomic E-state index is 0.0919. The molecule has 3 atom stereocenters. The number of ether oxygens (including phenoxy) is 1. The lowest BCUT2D eigenvalue weighted by molar-refractivity contribution is -0.0174. The highest BCUT2D eigenvalue weighted by molar-refractivity contribution is 5.90. The quantitative estimate of drug-likeness (QED) is 0.833. The van der Waals surface area contributed by atoms with Crippen molar-refractivity contribution in [3.63, 3.8) is 0 Å². The second kappa shape index (κ2) is 6.37. The molecule has 1 saturated carbocycles. The third kappa shape index (κ3) is 3.90. The van der Waals surface area contributed by atoms with E-state index in [1.54, 1.807) is 0 Å². The number of rotatable bonds is 3. The zero-order valence-electron chi connectivity index (χ0n) is 12.9. The average Bonchev–Trinajstić information content (AvgIpc) is 2.37. The van der Waals surface area contributed by atoms with Gasteiger partial charge < -0.3 is 14.9 Å². The number of benzene rings is 1. The average molecular weight is 292 g/mol.